The maximum Gasteiger partial charge on any atom is 0.246 e. The molecule has 0 saturated carbocycles. The van der Waals surface area contributed by atoms with Crippen LogP contribution in [0.5, 0.6) is 11.5 Å². The number of benzene rings is 2. The van der Waals surface area contributed by atoms with Gasteiger partial charge in [0.15, 0.2) is 11.5 Å². The molecule has 138 valence electrons. The molecule has 0 radical (unpaired) electrons. The van der Waals surface area contributed by atoms with Gasteiger partial charge < -0.3 is 9.47 Å². The van der Waals surface area contributed by atoms with Gasteiger partial charge in [0, 0.05) is 19.0 Å². The van der Waals surface area contributed by atoms with Crippen molar-refractivity contribution in [2.24, 2.45) is 0 Å². The van der Waals surface area contributed by atoms with Crippen LogP contribution in [0.3, 0.4) is 0 Å². The Kier molecular flexibility index (Phi) is 4.36. The Bertz CT molecular complexity index is 945. The number of nitrogens with zero attached hydrogens (tertiary/aromatic N) is 1. The van der Waals surface area contributed by atoms with Gasteiger partial charge in [0.25, 0.3) is 0 Å². The van der Waals surface area contributed by atoms with E-state index < -0.39 is 21.9 Å². The molecule has 7 heteroatoms. The molecular formula is C19H20FNO4S. The van der Waals surface area contributed by atoms with Crippen LogP contribution in [0.15, 0.2) is 41.3 Å². The lowest BCUT2D eigenvalue weighted by atomic mass is 9.94. The Balaban J connectivity index is 1.73. The average Bonchev–Trinajstić information content (AvgIpc) is 2.85. The highest BCUT2D eigenvalue weighted by molar-refractivity contribution is 7.89. The number of rotatable bonds is 2. The minimum atomic E-state index is -3.93. The number of ether oxygens (including phenoxy) is 2. The van der Waals surface area contributed by atoms with Crippen LogP contribution in [0.1, 0.15) is 30.5 Å². The molecule has 0 spiro atoms. The summed E-state index contributed by atoms with van der Waals surface area (Å²) in [7, 11) is -3.93. The zero-order chi connectivity index (χ0) is 18.3. The van der Waals surface area contributed by atoms with Gasteiger partial charge in [-0.3, -0.25) is 0 Å². The zero-order valence-corrected chi connectivity index (χ0v) is 15.3. The molecule has 26 heavy (non-hydrogen) atoms. The van der Waals surface area contributed by atoms with Crippen molar-refractivity contribution in [3.63, 3.8) is 0 Å². The first-order valence-corrected chi connectivity index (χ1v) is 10.1. The Morgan fingerprint density at radius 2 is 1.81 bits per heavy atom. The largest absolute Gasteiger partial charge is 0.490 e. The van der Waals surface area contributed by atoms with E-state index in [0.717, 1.165) is 17.5 Å². The van der Waals surface area contributed by atoms with Gasteiger partial charge in [-0.1, -0.05) is 12.1 Å². The molecule has 2 aromatic carbocycles. The fourth-order valence-electron chi connectivity index (χ4n) is 3.56. The van der Waals surface area contributed by atoms with Crippen molar-refractivity contribution >= 4 is 10.0 Å². The minimum absolute atomic E-state index is 0.287. The first kappa shape index (κ1) is 17.3. The van der Waals surface area contributed by atoms with E-state index in [4.69, 9.17) is 9.47 Å². The predicted molar refractivity (Wildman–Crippen MR) is 94.5 cm³/mol. The first-order valence-electron chi connectivity index (χ1n) is 8.67. The molecular weight excluding hydrogens is 357 g/mol. The second-order valence-corrected chi connectivity index (χ2v) is 8.38. The molecule has 2 aliphatic rings. The van der Waals surface area contributed by atoms with E-state index in [0.29, 0.717) is 37.7 Å². The van der Waals surface area contributed by atoms with Crippen molar-refractivity contribution in [1.82, 2.24) is 4.31 Å². The molecule has 2 heterocycles. The highest BCUT2D eigenvalue weighted by Gasteiger charge is 2.36. The predicted octanol–water partition coefficient (Wildman–Crippen LogP) is 3.30. The van der Waals surface area contributed by atoms with Crippen molar-refractivity contribution in [2.75, 3.05) is 19.8 Å². The zero-order valence-electron chi connectivity index (χ0n) is 14.4. The third kappa shape index (κ3) is 2.85. The van der Waals surface area contributed by atoms with E-state index in [9.17, 15) is 12.8 Å². The third-order valence-corrected chi connectivity index (χ3v) is 6.92. The summed E-state index contributed by atoms with van der Waals surface area (Å²) < 4.78 is 52.9. The third-order valence-electron chi connectivity index (χ3n) is 4.92. The number of sulfonamides is 1. The standard InChI is InChI=1S/C19H20FNO4S/c1-13-15-12-18-17(24-9-4-10-25-18)11-14(15)7-8-21(13)26(22,23)19-6-3-2-5-16(19)20/h2-3,5-6,11-13H,4,7-10H2,1H3. The summed E-state index contributed by atoms with van der Waals surface area (Å²) >= 11 is 0. The summed E-state index contributed by atoms with van der Waals surface area (Å²) in [5.74, 6) is 0.612. The Morgan fingerprint density at radius 1 is 1.12 bits per heavy atom. The van der Waals surface area contributed by atoms with Crippen LogP contribution >= 0.6 is 0 Å². The van der Waals surface area contributed by atoms with E-state index in [1.54, 1.807) is 0 Å². The molecule has 2 aliphatic heterocycles. The van der Waals surface area contributed by atoms with Crippen LogP contribution in [0.2, 0.25) is 0 Å². The molecule has 1 unspecified atom stereocenters. The highest BCUT2D eigenvalue weighted by Crippen LogP contribution is 2.40. The lowest BCUT2D eigenvalue weighted by Crippen LogP contribution is -2.39. The number of hydrogen-bond acceptors (Lipinski definition) is 4. The molecule has 4 rings (SSSR count). The minimum Gasteiger partial charge on any atom is -0.490 e. The van der Waals surface area contributed by atoms with E-state index in [2.05, 4.69) is 0 Å². The van der Waals surface area contributed by atoms with Gasteiger partial charge in [-0.15, -0.1) is 0 Å². The smallest absolute Gasteiger partial charge is 0.246 e. The monoisotopic (exact) mass is 377 g/mol. The van der Waals surface area contributed by atoms with Crippen molar-refractivity contribution in [1.29, 1.82) is 0 Å². The molecule has 0 saturated heterocycles. The lowest BCUT2D eigenvalue weighted by Gasteiger charge is -2.34. The van der Waals surface area contributed by atoms with Crippen LogP contribution in [-0.2, 0) is 16.4 Å². The number of hydrogen-bond donors (Lipinski definition) is 0. The van der Waals surface area contributed by atoms with Crippen LogP contribution in [0.25, 0.3) is 0 Å². The molecule has 0 bridgehead atoms. The van der Waals surface area contributed by atoms with E-state index in [1.165, 1.54) is 28.6 Å². The van der Waals surface area contributed by atoms with E-state index in [1.807, 2.05) is 19.1 Å². The summed E-state index contributed by atoms with van der Waals surface area (Å²) in [4.78, 5) is -0.287. The fourth-order valence-corrected chi connectivity index (χ4v) is 5.24. The molecule has 0 aliphatic carbocycles. The Hall–Kier alpha value is -2.12. The van der Waals surface area contributed by atoms with Crippen molar-refractivity contribution in [3.05, 3.63) is 53.3 Å². The summed E-state index contributed by atoms with van der Waals surface area (Å²) in [6, 6.07) is 8.88. The molecule has 0 fully saturated rings. The molecule has 0 N–H and O–H groups in total. The van der Waals surface area contributed by atoms with Crippen LogP contribution in [-0.4, -0.2) is 32.5 Å². The van der Waals surface area contributed by atoms with Gasteiger partial charge in [0.2, 0.25) is 10.0 Å². The second-order valence-electron chi connectivity index (χ2n) is 6.52. The molecule has 0 amide bonds. The van der Waals surface area contributed by atoms with Crippen molar-refractivity contribution < 1.29 is 22.3 Å². The van der Waals surface area contributed by atoms with Gasteiger partial charge in [-0.2, -0.15) is 4.31 Å². The Morgan fingerprint density at radius 3 is 2.54 bits per heavy atom. The fraction of sp³-hybridized carbons (Fsp3) is 0.368. The summed E-state index contributed by atoms with van der Waals surface area (Å²) in [6.45, 7) is 3.29. The van der Waals surface area contributed by atoms with Crippen LogP contribution in [0.4, 0.5) is 4.39 Å². The van der Waals surface area contributed by atoms with Gasteiger partial charge in [0.05, 0.1) is 13.2 Å². The lowest BCUT2D eigenvalue weighted by molar-refractivity contribution is 0.296. The second kappa shape index (κ2) is 6.55. The number of fused-ring (bicyclic) bond motifs is 2. The highest BCUT2D eigenvalue weighted by atomic mass is 32.2. The van der Waals surface area contributed by atoms with Gasteiger partial charge >= 0.3 is 0 Å². The topological polar surface area (TPSA) is 55.8 Å². The first-order chi connectivity index (χ1) is 12.5. The SMILES string of the molecule is CC1c2cc3c(cc2CCN1S(=O)(=O)c1ccccc1F)OCCCO3. The van der Waals surface area contributed by atoms with Crippen molar-refractivity contribution in [2.45, 2.75) is 30.7 Å². The summed E-state index contributed by atoms with van der Waals surface area (Å²) in [5.41, 5.74) is 1.92. The van der Waals surface area contributed by atoms with E-state index >= 15 is 0 Å². The molecule has 2 aromatic rings. The van der Waals surface area contributed by atoms with Crippen molar-refractivity contribution in [3.8, 4) is 11.5 Å². The number of halogens is 1. The normalized spacial score (nSPS) is 20.3. The maximum absolute atomic E-state index is 14.1. The molecule has 5 nitrogen and oxygen atoms in total. The molecule has 0 aromatic heterocycles. The van der Waals surface area contributed by atoms with E-state index in [-0.39, 0.29) is 4.90 Å². The summed E-state index contributed by atoms with van der Waals surface area (Å²) in [5, 5.41) is 0. The maximum atomic E-state index is 14.1. The van der Waals surface area contributed by atoms with Gasteiger partial charge in [-0.25, -0.2) is 12.8 Å². The Labute approximate surface area is 152 Å². The van der Waals surface area contributed by atoms with Crippen LogP contribution < -0.4 is 9.47 Å². The average molecular weight is 377 g/mol. The molecule has 1 atom stereocenters. The van der Waals surface area contributed by atoms with Crippen LogP contribution in [0, 0.1) is 5.82 Å². The van der Waals surface area contributed by atoms with Gasteiger partial charge in [-0.05, 0) is 48.7 Å². The summed E-state index contributed by atoms with van der Waals surface area (Å²) in [6.07, 6.45) is 1.35. The quantitative estimate of drug-likeness (QED) is 0.806. The van der Waals surface area contributed by atoms with Gasteiger partial charge in [0.1, 0.15) is 10.7 Å².